The van der Waals surface area contributed by atoms with Gasteiger partial charge in [-0.1, -0.05) is 35.5 Å². The Balaban J connectivity index is 0.00000210. The molecule has 27 heavy (non-hydrogen) atoms. The van der Waals surface area contributed by atoms with Crippen molar-refractivity contribution in [2.75, 3.05) is 13.1 Å². The predicted octanol–water partition coefficient (Wildman–Crippen LogP) is 2.56. The third-order valence-electron chi connectivity index (χ3n) is 5.69. The van der Waals surface area contributed by atoms with Gasteiger partial charge in [0.2, 0.25) is 0 Å². The van der Waals surface area contributed by atoms with Crippen molar-refractivity contribution in [1.29, 1.82) is 0 Å². The Hall–Kier alpha value is -1.63. The highest BCUT2D eigenvalue weighted by atomic mass is 35.5. The van der Waals surface area contributed by atoms with Crippen LogP contribution >= 0.6 is 12.4 Å². The lowest BCUT2D eigenvalue weighted by atomic mass is 9.87. The number of carbonyl (C=O) groups is 1. The van der Waals surface area contributed by atoms with Crippen LogP contribution in [0.25, 0.3) is 0 Å². The van der Waals surface area contributed by atoms with Crippen molar-refractivity contribution in [3.05, 3.63) is 35.9 Å². The number of carbonyl (C=O) groups excluding carboxylic acids is 1. The number of hydrogen-bond acceptors (Lipinski definition) is 5. The molecule has 2 N–H and O–H groups in total. The van der Waals surface area contributed by atoms with E-state index < -0.39 is 0 Å². The molecule has 1 aliphatic carbocycles. The lowest BCUT2D eigenvalue weighted by molar-refractivity contribution is -0.116. The molecule has 3 aliphatic rings. The summed E-state index contributed by atoms with van der Waals surface area (Å²) in [5.41, 5.74) is 1.42. The number of oxime groups is 1. The molecule has 1 amide bonds. The van der Waals surface area contributed by atoms with Gasteiger partial charge in [0.1, 0.15) is 11.3 Å². The average molecular weight is 394 g/mol. The second-order valence-corrected chi connectivity index (χ2v) is 7.58. The van der Waals surface area contributed by atoms with E-state index in [4.69, 9.17) is 9.57 Å². The molecule has 2 atom stereocenters. The molecule has 1 spiro atoms. The lowest BCUT2D eigenvalue weighted by Crippen LogP contribution is -2.46. The summed E-state index contributed by atoms with van der Waals surface area (Å²) >= 11 is 0. The van der Waals surface area contributed by atoms with E-state index in [2.05, 4.69) is 27.9 Å². The van der Waals surface area contributed by atoms with Gasteiger partial charge in [-0.05, 0) is 37.9 Å². The first-order valence-electron chi connectivity index (χ1n) is 9.66. The molecule has 1 saturated carbocycles. The molecule has 0 bridgehead atoms. The van der Waals surface area contributed by atoms with Crippen LogP contribution in [0.2, 0.25) is 0 Å². The average Bonchev–Trinajstić information content (AvgIpc) is 3.29. The molecule has 1 unspecified atom stereocenters. The maximum absolute atomic E-state index is 12.7. The number of nitrogens with one attached hydrogen (secondary N) is 2. The summed E-state index contributed by atoms with van der Waals surface area (Å²) in [5.74, 6) is -0.0966. The fourth-order valence-electron chi connectivity index (χ4n) is 4.11. The van der Waals surface area contributed by atoms with Gasteiger partial charge >= 0.3 is 0 Å². The number of nitrogens with zero attached hydrogens (tertiary/aromatic N) is 1. The zero-order valence-corrected chi connectivity index (χ0v) is 16.3. The third kappa shape index (κ3) is 4.81. The van der Waals surface area contributed by atoms with Crippen LogP contribution in [0.3, 0.4) is 0 Å². The van der Waals surface area contributed by atoms with Crippen LogP contribution in [-0.2, 0) is 21.0 Å². The summed E-state index contributed by atoms with van der Waals surface area (Å²) < 4.78 is 6.08. The van der Waals surface area contributed by atoms with Crippen molar-refractivity contribution in [2.24, 2.45) is 5.16 Å². The van der Waals surface area contributed by atoms with Crippen molar-refractivity contribution < 1.29 is 14.4 Å². The number of ether oxygens (including phenoxy) is 1. The van der Waals surface area contributed by atoms with Crippen molar-refractivity contribution >= 4 is 24.0 Å². The van der Waals surface area contributed by atoms with Crippen LogP contribution in [0, 0.1) is 0 Å². The maximum atomic E-state index is 12.7. The quantitative estimate of drug-likeness (QED) is 0.806. The number of benzene rings is 1. The van der Waals surface area contributed by atoms with E-state index >= 15 is 0 Å². The Morgan fingerprint density at radius 2 is 2.04 bits per heavy atom. The first-order chi connectivity index (χ1) is 12.7. The van der Waals surface area contributed by atoms with E-state index in [1.165, 1.54) is 0 Å². The Labute approximate surface area is 166 Å². The largest absolute Gasteiger partial charge is 0.388 e. The van der Waals surface area contributed by atoms with Gasteiger partial charge < -0.3 is 20.2 Å². The second kappa shape index (κ2) is 9.04. The highest BCUT2D eigenvalue weighted by molar-refractivity contribution is 6.39. The number of halogens is 1. The topological polar surface area (TPSA) is 72.0 Å². The van der Waals surface area contributed by atoms with Crippen molar-refractivity contribution in [3.8, 4) is 0 Å². The molecule has 0 aromatic heterocycles. The van der Waals surface area contributed by atoms with Crippen molar-refractivity contribution in [1.82, 2.24) is 10.6 Å². The monoisotopic (exact) mass is 393 g/mol. The molecule has 148 valence electrons. The molecule has 1 aromatic rings. The minimum absolute atomic E-state index is 0. The Bertz CT molecular complexity index is 662. The third-order valence-corrected chi connectivity index (χ3v) is 5.69. The van der Waals surface area contributed by atoms with Crippen LogP contribution in [0.1, 0.15) is 44.1 Å². The van der Waals surface area contributed by atoms with Crippen LogP contribution in [0.5, 0.6) is 0 Å². The van der Waals surface area contributed by atoms with Gasteiger partial charge in [0, 0.05) is 19.3 Å². The fourth-order valence-corrected chi connectivity index (χ4v) is 4.11. The second-order valence-electron chi connectivity index (χ2n) is 7.58. The zero-order valence-electron chi connectivity index (χ0n) is 15.5. The van der Waals surface area contributed by atoms with E-state index in [-0.39, 0.29) is 36.1 Å². The van der Waals surface area contributed by atoms with Gasteiger partial charge in [-0.25, -0.2) is 0 Å². The van der Waals surface area contributed by atoms with E-state index in [1.54, 1.807) is 0 Å². The summed E-state index contributed by atoms with van der Waals surface area (Å²) in [6, 6.07) is 10.2. The summed E-state index contributed by atoms with van der Waals surface area (Å²) in [6.45, 7) is 2.42. The lowest BCUT2D eigenvalue weighted by Gasteiger charge is -2.30. The molecule has 0 radical (unpaired) electrons. The first kappa shape index (κ1) is 20.1. The highest BCUT2D eigenvalue weighted by Crippen LogP contribution is 2.32. The molecule has 6 nitrogen and oxygen atoms in total. The van der Waals surface area contributed by atoms with Crippen LogP contribution in [-0.4, -0.2) is 42.5 Å². The molecule has 2 fully saturated rings. The van der Waals surface area contributed by atoms with Crippen molar-refractivity contribution in [3.63, 3.8) is 0 Å². The molecule has 2 heterocycles. The van der Waals surface area contributed by atoms with E-state index in [0.717, 1.165) is 50.8 Å². The molecule has 1 aromatic carbocycles. The van der Waals surface area contributed by atoms with E-state index in [1.807, 2.05) is 18.2 Å². The summed E-state index contributed by atoms with van der Waals surface area (Å²) in [5, 5.41) is 10.6. The van der Waals surface area contributed by atoms with Crippen LogP contribution in [0.4, 0.5) is 0 Å². The summed E-state index contributed by atoms with van der Waals surface area (Å²) in [6.07, 6.45) is 5.49. The Morgan fingerprint density at radius 3 is 2.81 bits per heavy atom. The number of hydrogen-bond donors (Lipinski definition) is 2. The van der Waals surface area contributed by atoms with E-state index in [0.29, 0.717) is 18.7 Å². The highest BCUT2D eigenvalue weighted by Gasteiger charge is 2.42. The van der Waals surface area contributed by atoms with Crippen LogP contribution < -0.4 is 10.6 Å². The minimum atomic E-state index is -0.267. The number of rotatable bonds is 5. The van der Waals surface area contributed by atoms with Gasteiger partial charge in [0.25, 0.3) is 5.91 Å². The van der Waals surface area contributed by atoms with Gasteiger partial charge in [-0.3, -0.25) is 4.79 Å². The van der Waals surface area contributed by atoms with Gasteiger partial charge in [-0.2, -0.15) is 0 Å². The van der Waals surface area contributed by atoms with E-state index in [9.17, 15) is 4.79 Å². The zero-order chi connectivity index (χ0) is 17.8. The number of piperidine rings is 1. The molecular weight excluding hydrogens is 366 g/mol. The number of amides is 1. The smallest absolute Gasteiger partial charge is 0.269 e. The normalized spacial score (nSPS) is 26.1. The Morgan fingerprint density at radius 1 is 1.26 bits per heavy atom. The van der Waals surface area contributed by atoms with Crippen molar-refractivity contribution in [2.45, 2.75) is 62.9 Å². The Kier molecular flexibility index (Phi) is 6.73. The summed E-state index contributed by atoms with van der Waals surface area (Å²) in [7, 11) is 0. The summed E-state index contributed by atoms with van der Waals surface area (Å²) in [4.78, 5) is 18.3. The minimum Gasteiger partial charge on any atom is -0.388 e. The van der Waals surface area contributed by atoms with Gasteiger partial charge in [0.15, 0.2) is 0 Å². The predicted molar refractivity (Wildman–Crippen MR) is 106 cm³/mol. The van der Waals surface area contributed by atoms with Crippen LogP contribution in [0.15, 0.2) is 35.5 Å². The standard InChI is InChI=1S/C20H27N3O3.ClH/c24-19(17-13-20(26-23-17)9-11-21-12-10-20)22-16-7-4-8-18(16)25-14-15-5-2-1-3-6-15;/h1-3,5-6,16,18,21H,4,7-14H2,(H,22,24);1H/t16-,18?;/m1./s1. The SMILES string of the molecule is Cl.O=C(N[C@@H]1CCCC1OCc1ccccc1)C1=NOC2(CCNCC2)C1. The van der Waals surface area contributed by atoms with Gasteiger partial charge in [-0.15, -0.1) is 12.4 Å². The maximum Gasteiger partial charge on any atom is 0.269 e. The fraction of sp³-hybridized carbons (Fsp3) is 0.600. The molecule has 4 rings (SSSR count). The molecule has 1 saturated heterocycles. The molecule has 7 heteroatoms. The van der Waals surface area contributed by atoms with Gasteiger partial charge in [0.05, 0.1) is 18.8 Å². The molecule has 2 aliphatic heterocycles. The first-order valence-corrected chi connectivity index (χ1v) is 9.66. The molecular formula is C20H28ClN3O3.